The molecule has 0 atom stereocenters. The first-order valence-corrected chi connectivity index (χ1v) is 8.23. The molecular formula is C18H22N4O. The van der Waals surface area contributed by atoms with Crippen molar-refractivity contribution in [1.29, 1.82) is 0 Å². The highest BCUT2D eigenvalue weighted by molar-refractivity contribution is 5.92. The Morgan fingerprint density at radius 3 is 2.43 bits per heavy atom. The van der Waals surface area contributed by atoms with Gasteiger partial charge in [-0.25, -0.2) is 9.97 Å². The largest absolute Gasteiger partial charge is 0.337 e. The van der Waals surface area contributed by atoms with Gasteiger partial charge in [-0.2, -0.15) is 0 Å². The van der Waals surface area contributed by atoms with Gasteiger partial charge >= 0.3 is 0 Å². The zero-order valence-corrected chi connectivity index (χ0v) is 13.5. The summed E-state index contributed by atoms with van der Waals surface area (Å²) in [5.74, 6) is 0.750. The fourth-order valence-corrected chi connectivity index (χ4v) is 2.91. The normalized spacial score (nSPS) is 14.6. The van der Waals surface area contributed by atoms with Gasteiger partial charge in [0.1, 0.15) is 5.69 Å². The van der Waals surface area contributed by atoms with Crippen molar-refractivity contribution in [2.24, 2.45) is 0 Å². The van der Waals surface area contributed by atoms with Crippen LogP contribution in [0.25, 0.3) is 0 Å². The minimum Gasteiger partial charge on any atom is -0.337 e. The van der Waals surface area contributed by atoms with Crippen molar-refractivity contribution < 1.29 is 4.79 Å². The number of aromatic nitrogens is 2. The van der Waals surface area contributed by atoms with Gasteiger partial charge in [0.25, 0.3) is 5.91 Å². The fraction of sp³-hybridized carbons (Fsp3) is 0.389. The first kappa shape index (κ1) is 15.5. The fourth-order valence-electron chi connectivity index (χ4n) is 2.91. The number of anilines is 2. The Balaban J connectivity index is 1.77. The zero-order chi connectivity index (χ0) is 16.1. The molecule has 2 aromatic rings. The lowest BCUT2D eigenvalue weighted by molar-refractivity contribution is 0.0718. The SMILES string of the molecule is CCN(c1ccccc1)c1cnc(C(=O)N2CCCCC2)cn1. The second kappa shape index (κ2) is 7.22. The highest BCUT2D eigenvalue weighted by Gasteiger charge is 2.20. The lowest BCUT2D eigenvalue weighted by Crippen LogP contribution is -2.36. The highest BCUT2D eigenvalue weighted by Crippen LogP contribution is 2.22. The third kappa shape index (κ3) is 3.50. The van der Waals surface area contributed by atoms with Crippen molar-refractivity contribution in [3.05, 3.63) is 48.4 Å². The van der Waals surface area contributed by atoms with Crippen LogP contribution in [0.4, 0.5) is 11.5 Å². The molecule has 3 rings (SSSR count). The Kier molecular flexibility index (Phi) is 4.86. The number of para-hydroxylation sites is 1. The molecule has 0 bridgehead atoms. The summed E-state index contributed by atoms with van der Waals surface area (Å²) in [5.41, 5.74) is 1.50. The summed E-state index contributed by atoms with van der Waals surface area (Å²) in [6.07, 6.45) is 6.65. The summed E-state index contributed by atoms with van der Waals surface area (Å²) in [6, 6.07) is 10.1. The van der Waals surface area contributed by atoms with E-state index in [0.29, 0.717) is 5.69 Å². The number of carbonyl (C=O) groups is 1. The number of amides is 1. The monoisotopic (exact) mass is 310 g/mol. The summed E-state index contributed by atoms with van der Waals surface area (Å²) < 4.78 is 0. The molecule has 1 aliphatic heterocycles. The third-order valence-corrected chi connectivity index (χ3v) is 4.16. The summed E-state index contributed by atoms with van der Waals surface area (Å²) >= 11 is 0. The van der Waals surface area contributed by atoms with Gasteiger partial charge in [-0.3, -0.25) is 4.79 Å². The van der Waals surface area contributed by atoms with Gasteiger partial charge in [-0.1, -0.05) is 18.2 Å². The zero-order valence-electron chi connectivity index (χ0n) is 13.5. The van der Waals surface area contributed by atoms with Crippen molar-refractivity contribution in [2.75, 3.05) is 24.5 Å². The quantitative estimate of drug-likeness (QED) is 0.869. The van der Waals surface area contributed by atoms with Gasteiger partial charge < -0.3 is 9.80 Å². The van der Waals surface area contributed by atoms with E-state index >= 15 is 0 Å². The first-order chi connectivity index (χ1) is 11.3. The molecule has 0 unspecified atom stereocenters. The molecule has 1 fully saturated rings. The molecule has 1 saturated heterocycles. The van der Waals surface area contributed by atoms with Gasteiger partial charge in [-0.05, 0) is 38.3 Å². The predicted octanol–water partition coefficient (Wildman–Crippen LogP) is 3.26. The number of hydrogen-bond donors (Lipinski definition) is 0. The molecule has 120 valence electrons. The van der Waals surface area contributed by atoms with Crippen molar-refractivity contribution in [3.8, 4) is 0 Å². The number of nitrogens with zero attached hydrogens (tertiary/aromatic N) is 4. The van der Waals surface area contributed by atoms with Crippen LogP contribution in [-0.4, -0.2) is 40.4 Å². The second-order valence-corrected chi connectivity index (χ2v) is 5.69. The molecule has 23 heavy (non-hydrogen) atoms. The lowest BCUT2D eigenvalue weighted by Gasteiger charge is -2.26. The third-order valence-electron chi connectivity index (χ3n) is 4.16. The Bertz CT molecular complexity index is 636. The summed E-state index contributed by atoms with van der Waals surface area (Å²) in [6.45, 7) is 4.51. The maximum atomic E-state index is 12.4. The van der Waals surface area contributed by atoms with E-state index in [1.54, 1.807) is 12.4 Å². The van der Waals surface area contributed by atoms with E-state index in [0.717, 1.165) is 44.0 Å². The van der Waals surface area contributed by atoms with Crippen LogP contribution < -0.4 is 4.90 Å². The van der Waals surface area contributed by atoms with Crippen LogP contribution >= 0.6 is 0 Å². The van der Waals surface area contributed by atoms with E-state index in [1.807, 2.05) is 35.2 Å². The number of benzene rings is 1. The molecule has 1 aromatic heterocycles. The van der Waals surface area contributed by atoms with E-state index in [1.165, 1.54) is 6.42 Å². The molecule has 1 aromatic carbocycles. The van der Waals surface area contributed by atoms with Crippen LogP contribution in [0.1, 0.15) is 36.7 Å². The van der Waals surface area contributed by atoms with E-state index in [9.17, 15) is 4.79 Å². The molecular weight excluding hydrogens is 288 g/mol. The summed E-state index contributed by atoms with van der Waals surface area (Å²) in [4.78, 5) is 25.2. The van der Waals surface area contributed by atoms with Crippen LogP contribution in [0.5, 0.6) is 0 Å². The van der Waals surface area contributed by atoms with E-state index < -0.39 is 0 Å². The highest BCUT2D eigenvalue weighted by atomic mass is 16.2. The van der Waals surface area contributed by atoms with E-state index in [2.05, 4.69) is 21.8 Å². The lowest BCUT2D eigenvalue weighted by atomic mass is 10.1. The number of piperidine rings is 1. The first-order valence-electron chi connectivity index (χ1n) is 8.23. The molecule has 1 aliphatic rings. The Morgan fingerprint density at radius 2 is 1.83 bits per heavy atom. The number of likely N-dealkylation sites (tertiary alicyclic amines) is 1. The van der Waals surface area contributed by atoms with Crippen molar-refractivity contribution in [2.45, 2.75) is 26.2 Å². The molecule has 2 heterocycles. The molecule has 0 N–H and O–H groups in total. The van der Waals surface area contributed by atoms with E-state index in [-0.39, 0.29) is 5.91 Å². The average molecular weight is 310 g/mol. The van der Waals surface area contributed by atoms with Gasteiger partial charge in [-0.15, -0.1) is 0 Å². The minimum atomic E-state index is -0.00786. The number of hydrogen-bond acceptors (Lipinski definition) is 4. The molecule has 0 aliphatic carbocycles. The Morgan fingerprint density at radius 1 is 1.09 bits per heavy atom. The van der Waals surface area contributed by atoms with Crippen LogP contribution in [0.3, 0.4) is 0 Å². The van der Waals surface area contributed by atoms with Gasteiger partial charge in [0.05, 0.1) is 12.4 Å². The Hall–Kier alpha value is -2.43. The van der Waals surface area contributed by atoms with Gasteiger partial charge in [0.2, 0.25) is 0 Å². The molecule has 0 spiro atoms. The standard InChI is InChI=1S/C18H22N4O/c1-2-22(15-9-5-3-6-10-15)17-14-19-16(13-20-17)18(23)21-11-7-4-8-12-21/h3,5-6,9-10,13-14H,2,4,7-8,11-12H2,1H3. The second-order valence-electron chi connectivity index (χ2n) is 5.69. The van der Waals surface area contributed by atoms with Crippen LogP contribution in [0.2, 0.25) is 0 Å². The Labute approximate surface area is 137 Å². The van der Waals surface area contributed by atoms with Crippen LogP contribution in [0.15, 0.2) is 42.7 Å². The summed E-state index contributed by atoms with van der Waals surface area (Å²) in [7, 11) is 0. The van der Waals surface area contributed by atoms with Crippen LogP contribution in [-0.2, 0) is 0 Å². The van der Waals surface area contributed by atoms with Crippen LogP contribution in [0, 0.1) is 0 Å². The van der Waals surface area contributed by atoms with Crippen molar-refractivity contribution >= 4 is 17.4 Å². The smallest absolute Gasteiger partial charge is 0.274 e. The maximum Gasteiger partial charge on any atom is 0.274 e. The van der Waals surface area contributed by atoms with Crippen molar-refractivity contribution in [3.63, 3.8) is 0 Å². The number of rotatable bonds is 4. The van der Waals surface area contributed by atoms with Gasteiger partial charge in [0, 0.05) is 25.3 Å². The number of carbonyl (C=O) groups excluding carboxylic acids is 1. The maximum absolute atomic E-state index is 12.4. The minimum absolute atomic E-state index is 0.00786. The molecule has 1 amide bonds. The topological polar surface area (TPSA) is 49.3 Å². The van der Waals surface area contributed by atoms with E-state index in [4.69, 9.17) is 0 Å². The van der Waals surface area contributed by atoms with Crippen molar-refractivity contribution in [1.82, 2.24) is 14.9 Å². The molecule has 5 heteroatoms. The molecule has 5 nitrogen and oxygen atoms in total. The predicted molar refractivity (Wildman–Crippen MR) is 90.9 cm³/mol. The average Bonchev–Trinajstić information content (AvgIpc) is 2.64. The molecule has 0 radical (unpaired) electrons. The molecule has 0 saturated carbocycles. The summed E-state index contributed by atoms with van der Waals surface area (Å²) in [5, 5.41) is 0. The van der Waals surface area contributed by atoms with Gasteiger partial charge in [0.15, 0.2) is 5.82 Å².